The summed E-state index contributed by atoms with van der Waals surface area (Å²) in [7, 11) is 0.625. The van der Waals surface area contributed by atoms with Crippen LogP contribution in [-0.4, -0.2) is 17.3 Å². The average molecular weight is 219 g/mol. The maximum absolute atomic E-state index is 4.23. The van der Waals surface area contributed by atoms with E-state index in [0.717, 1.165) is 0 Å². The molecule has 1 aliphatic rings. The highest BCUT2D eigenvalue weighted by molar-refractivity contribution is 7.97. The average Bonchev–Trinajstić information content (AvgIpc) is 2.31. The van der Waals surface area contributed by atoms with Gasteiger partial charge in [0.2, 0.25) is 0 Å². The SMILES string of the molecule is C=C(C[S+]1CCCCC1)c1ccccc1. The van der Waals surface area contributed by atoms with E-state index in [1.807, 2.05) is 0 Å². The van der Waals surface area contributed by atoms with Crippen LogP contribution in [0.2, 0.25) is 0 Å². The molecule has 0 N–H and O–H groups in total. The third-order valence-electron chi connectivity index (χ3n) is 2.93. The predicted octanol–water partition coefficient (Wildman–Crippen LogP) is 3.50. The molecular formula is C14H19S+. The van der Waals surface area contributed by atoms with Crippen LogP contribution in [0.3, 0.4) is 0 Å². The molecule has 0 aliphatic carbocycles. The molecule has 15 heavy (non-hydrogen) atoms. The Hall–Kier alpha value is -0.690. The fourth-order valence-electron chi connectivity index (χ4n) is 2.04. The highest BCUT2D eigenvalue weighted by Gasteiger charge is 2.22. The first-order valence-corrected chi connectivity index (χ1v) is 7.47. The predicted molar refractivity (Wildman–Crippen MR) is 71.3 cm³/mol. The van der Waals surface area contributed by atoms with E-state index < -0.39 is 0 Å². The standard InChI is InChI=1S/C14H19S/c1-13(14-8-4-2-5-9-14)12-15-10-6-3-7-11-15/h2,4-5,8-9H,1,3,6-7,10-12H2/q+1. The van der Waals surface area contributed by atoms with E-state index in [1.165, 1.54) is 47.7 Å². The molecule has 1 saturated heterocycles. The molecule has 1 aromatic carbocycles. The van der Waals surface area contributed by atoms with Gasteiger partial charge in [-0.1, -0.05) is 36.9 Å². The van der Waals surface area contributed by atoms with Crippen molar-refractivity contribution < 1.29 is 0 Å². The summed E-state index contributed by atoms with van der Waals surface area (Å²) in [6.07, 6.45) is 4.32. The van der Waals surface area contributed by atoms with Crippen LogP contribution < -0.4 is 0 Å². The minimum Gasteiger partial charge on any atom is -0.0905 e. The van der Waals surface area contributed by atoms with Gasteiger partial charge in [0.25, 0.3) is 0 Å². The Morgan fingerprint density at radius 1 is 1.07 bits per heavy atom. The van der Waals surface area contributed by atoms with Crippen molar-refractivity contribution in [1.29, 1.82) is 0 Å². The van der Waals surface area contributed by atoms with Gasteiger partial charge in [0.15, 0.2) is 0 Å². The zero-order chi connectivity index (χ0) is 10.5. The highest BCUT2D eigenvalue weighted by Crippen LogP contribution is 2.20. The van der Waals surface area contributed by atoms with Crippen LogP contribution in [0.15, 0.2) is 36.9 Å². The van der Waals surface area contributed by atoms with E-state index in [0.29, 0.717) is 10.9 Å². The van der Waals surface area contributed by atoms with E-state index in [9.17, 15) is 0 Å². The molecule has 0 spiro atoms. The van der Waals surface area contributed by atoms with Crippen molar-refractivity contribution in [3.05, 3.63) is 42.5 Å². The molecule has 80 valence electrons. The van der Waals surface area contributed by atoms with E-state index in [1.54, 1.807) is 0 Å². The van der Waals surface area contributed by atoms with Crippen molar-refractivity contribution in [2.45, 2.75) is 19.3 Å². The summed E-state index contributed by atoms with van der Waals surface area (Å²) < 4.78 is 0. The lowest BCUT2D eigenvalue weighted by Gasteiger charge is -2.14. The molecule has 1 aliphatic heterocycles. The lowest BCUT2D eigenvalue weighted by atomic mass is 10.1. The van der Waals surface area contributed by atoms with Crippen molar-refractivity contribution in [3.63, 3.8) is 0 Å². The summed E-state index contributed by atoms with van der Waals surface area (Å²) in [5.41, 5.74) is 2.66. The minimum absolute atomic E-state index is 0.625. The van der Waals surface area contributed by atoms with Gasteiger partial charge in [-0.05, 0) is 35.7 Å². The summed E-state index contributed by atoms with van der Waals surface area (Å²) in [4.78, 5) is 0. The van der Waals surface area contributed by atoms with Crippen molar-refractivity contribution in [1.82, 2.24) is 0 Å². The van der Waals surface area contributed by atoms with Crippen LogP contribution in [0.4, 0.5) is 0 Å². The highest BCUT2D eigenvalue weighted by atomic mass is 32.2. The van der Waals surface area contributed by atoms with Gasteiger partial charge >= 0.3 is 0 Å². The molecule has 1 aromatic rings. The molecule has 1 heterocycles. The zero-order valence-electron chi connectivity index (χ0n) is 9.24. The van der Waals surface area contributed by atoms with Gasteiger partial charge in [0.1, 0.15) is 17.3 Å². The van der Waals surface area contributed by atoms with E-state index >= 15 is 0 Å². The first-order valence-electron chi connectivity index (χ1n) is 5.73. The van der Waals surface area contributed by atoms with E-state index in [-0.39, 0.29) is 0 Å². The Morgan fingerprint density at radius 3 is 2.40 bits per heavy atom. The van der Waals surface area contributed by atoms with Gasteiger partial charge in [0.05, 0.1) is 0 Å². The van der Waals surface area contributed by atoms with Crippen LogP contribution >= 0.6 is 0 Å². The van der Waals surface area contributed by atoms with Crippen molar-refractivity contribution in [2.24, 2.45) is 0 Å². The Kier molecular flexibility index (Phi) is 3.90. The Morgan fingerprint density at radius 2 is 1.73 bits per heavy atom. The fraction of sp³-hybridized carbons (Fsp3) is 0.429. The first-order chi connectivity index (χ1) is 7.36. The Balaban J connectivity index is 1.91. The third kappa shape index (κ3) is 3.13. The second kappa shape index (κ2) is 5.41. The summed E-state index contributed by atoms with van der Waals surface area (Å²) in [5.74, 6) is 4.10. The van der Waals surface area contributed by atoms with Crippen molar-refractivity contribution in [2.75, 3.05) is 17.3 Å². The van der Waals surface area contributed by atoms with Crippen molar-refractivity contribution >= 4 is 16.5 Å². The van der Waals surface area contributed by atoms with Crippen LogP contribution in [0.1, 0.15) is 24.8 Å². The molecule has 0 unspecified atom stereocenters. The van der Waals surface area contributed by atoms with Crippen LogP contribution in [-0.2, 0) is 10.9 Å². The quantitative estimate of drug-likeness (QED) is 0.683. The smallest absolute Gasteiger partial charge is 0.0905 e. The maximum Gasteiger partial charge on any atom is 0.133 e. The second-order valence-electron chi connectivity index (χ2n) is 4.20. The molecule has 0 saturated carbocycles. The Labute approximate surface area is 95.7 Å². The first kappa shape index (κ1) is 10.8. The minimum atomic E-state index is 0.625. The largest absolute Gasteiger partial charge is 0.133 e. The zero-order valence-corrected chi connectivity index (χ0v) is 10.1. The van der Waals surface area contributed by atoms with Gasteiger partial charge < -0.3 is 0 Å². The molecule has 2 rings (SSSR count). The molecular weight excluding hydrogens is 200 g/mol. The maximum atomic E-state index is 4.23. The monoisotopic (exact) mass is 219 g/mol. The van der Waals surface area contributed by atoms with Crippen molar-refractivity contribution in [3.8, 4) is 0 Å². The Bertz CT molecular complexity index is 309. The molecule has 0 nitrogen and oxygen atoms in total. The van der Waals surface area contributed by atoms with Gasteiger partial charge in [-0.2, -0.15) is 0 Å². The van der Waals surface area contributed by atoms with E-state index in [4.69, 9.17) is 0 Å². The third-order valence-corrected chi connectivity index (χ3v) is 5.42. The molecule has 1 fully saturated rings. The molecule has 0 aromatic heterocycles. The van der Waals surface area contributed by atoms with Gasteiger partial charge in [-0.15, -0.1) is 0 Å². The normalized spacial score (nSPS) is 17.6. The lowest BCUT2D eigenvalue weighted by Crippen LogP contribution is -2.21. The van der Waals surface area contributed by atoms with Gasteiger partial charge in [0, 0.05) is 5.57 Å². The van der Waals surface area contributed by atoms with Gasteiger partial charge in [-0.3, -0.25) is 0 Å². The van der Waals surface area contributed by atoms with E-state index in [2.05, 4.69) is 36.9 Å². The topological polar surface area (TPSA) is 0 Å². The second-order valence-corrected chi connectivity index (χ2v) is 6.53. The summed E-state index contributed by atoms with van der Waals surface area (Å²) in [6.45, 7) is 4.23. The molecule has 0 amide bonds. The number of hydrogen-bond acceptors (Lipinski definition) is 0. The van der Waals surface area contributed by atoms with Crippen LogP contribution in [0.5, 0.6) is 0 Å². The summed E-state index contributed by atoms with van der Waals surface area (Å²) in [6, 6.07) is 10.6. The number of benzene rings is 1. The molecule has 0 radical (unpaired) electrons. The number of hydrogen-bond donors (Lipinski definition) is 0. The molecule has 1 heteroatoms. The van der Waals surface area contributed by atoms with Crippen LogP contribution in [0, 0.1) is 0 Å². The lowest BCUT2D eigenvalue weighted by molar-refractivity contribution is 0.757. The summed E-state index contributed by atoms with van der Waals surface area (Å²) >= 11 is 0. The molecule has 0 atom stereocenters. The van der Waals surface area contributed by atoms with Gasteiger partial charge in [-0.25, -0.2) is 0 Å². The van der Waals surface area contributed by atoms with Crippen LogP contribution in [0.25, 0.3) is 5.57 Å². The summed E-state index contributed by atoms with van der Waals surface area (Å²) in [5, 5.41) is 0. The fourth-order valence-corrected chi connectivity index (χ4v) is 4.42. The number of rotatable bonds is 3. The molecule has 0 bridgehead atoms.